The van der Waals surface area contributed by atoms with Crippen LogP contribution in [-0.4, -0.2) is 63.9 Å². The van der Waals surface area contributed by atoms with Gasteiger partial charge < -0.3 is 14.4 Å². The van der Waals surface area contributed by atoms with Gasteiger partial charge in [-0.3, -0.25) is 4.79 Å². The Kier molecular flexibility index (Phi) is 5.49. The predicted molar refractivity (Wildman–Crippen MR) is 98.5 cm³/mol. The van der Waals surface area contributed by atoms with Crippen LogP contribution in [-0.2, 0) is 10.0 Å². The summed E-state index contributed by atoms with van der Waals surface area (Å²) in [5.41, 5.74) is 0.640. The molecule has 1 aromatic heterocycles. The standard InChI is InChI=1S/C17H20N2O5S2/c1-23-14-3-4-15(24-2)16(11-14)26(21,22)19-8-6-18(7-9-19)17(20)13-5-10-25-12-13/h3-5,10-12H,6-9H2,1-2H3. The Morgan fingerprint density at radius 1 is 1.08 bits per heavy atom. The van der Waals surface area contributed by atoms with E-state index in [4.69, 9.17) is 9.47 Å². The van der Waals surface area contributed by atoms with E-state index >= 15 is 0 Å². The number of thiophene rings is 1. The Balaban J connectivity index is 1.77. The molecule has 1 amide bonds. The van der Waals surface area contributed by atoms with Gasteiger partial charge in [-0.2, -0.15) is 15.6 Å². The van der Waals surface area contributed by atoms with E-state index in [1.807, 2.05) is 5.38 Å². The van der Waals surface area contributed by atoms with Gasteiger partial charge >= 0.3 is 0 Å². The predicted octanol–water partition coefficient (Wildman–Crippen LogP) is 1.91. The maximum atomic E-state index is 13.0. The van der Waals surface area contributed by atoms with Crippen LogP contribution in [0.1, 0.15) is 10.4 Å². The average Bonchev–Trinajstić information content (AvgIpc) is 3.21. The van der Waals surface area contributed by atoms with Gasteiger partial charge in [0.2, 0.25) is 10.0 Å². The van der Waals surface area contributed by atoms with Crippen LogP contribution in [0.25, 0.3) is 0 Å². The summed E-state index contributed by atoms with van der Waals surface area (Å²) in [5.74, 6) is 0.639. The van der Waals surface area contributed by atoms with Gasteiger partial charge in [-0.25, -0.2) is 8.42 Å². The number of piperazine rings is 1. The maximum Gasteiger partial charge on any atom is 0.254 e. The first kappa shape index (κ1) is 18.7. The first-order chi connectivity index (χ1) is 12.5. The molecule has 3 rings (SSSR count). The number of ether oxygens (including phenoxy) is 2. The van der Waals surface area contributed by atoms with Crippen molar-refractivity contribution >= 4 is 27.3 Å². The number of hydrogen-bond acceptors (Lipinski definition) is 6. The Bertz CT molecular complexity index is 873. The number of rotatable bonds is 5. The van der Waals surface area contributed by atoms with Crippen LogP contribution in [0.3, 0.4) is 0 Å². The lowest BCUT2D eigenvalue weighted by Crippen LogP contribution is -2.50. The second kappa shape index (κ2) is 7.65. The third kappa shape index (κ3) is 3.55. The largest absolute Gasteiger partial charge is 0.497 e. The fourth-order valence-electron chi connectivity index (χ4n) is 2.82. The molecule has 0 bridgehead atoms. The number of benzene rings is 1. The van der Waals surface area contributed by atoms with E-state index in [1.165, 1.54) is 35.9 Å². The third-order valence-corrected chi connectivity index (χ3v) is 6.89. The van der Waals surface area contributed by atoms with Gasteiger partial charge in [-0.15, -0.1) is 0 Å². The lowest BCUT2D eigenvalue weighted by atomic mass is 10.2. The highest BCUT2D eigenvalue weighted by molar-refractivity contribution is 7.89. The molecule has 2 heterocycles. The van der Waals surface area contributed by atoms with Crippen molar-refractivity contribution in [3.8, 4) is 11.5 Å². The molecule has 0 aliphatic carbocycles. The number of amides is 1. The summed E-state index contributed by atoms with van der Waals surface area (Å²) in [6.07, 6.45) is 0. The van der Waals surface area contributed by atoms with Crippen molar-refractivity contribution < 1.29 is 22.7 Å². The summed E-state index contributed by atoms with van der Waals surface area (Å²) in [5, 5.41) is 3.65. The minimum atomic E-state index is -3.75. The number of methoxy groups -OCH3 is 2. The lowest BCUT2D eigenvalue weighted by molar-refractivity contribution is 0.0698. The van der Waals surface area contributed by atoms with E-state index in [-0.39, 0.29) is 29.6 Å². The molecular formula is C17H20N2O5S2. The number of carbonyl (C=O) groups is 1. The molecule has 9 heteroatoms. The third-order valence-electron chi connectivity index (χ3n) is 4.28. The molecule has 1 saturated heterocycles. The highest BCUT2D eigenvalue weighted by Gasteiger charge is 2.32. The fourth-order valence-corrected chi connectivity index (χ4v) is 5.05. The van der Waals surface area contributed by atoms with Crippen LogP contribution in [0, 0.1) is 0 Å². The van der Waals surface area contributed by atoms with Crippen molar-refractivity contribution in [1.29, 1.82) is 0 Å². The Labute approximate surface area is 156 Å². The molecule has 1 aliphatic heterocycles. The van der Waals surface area contributed by atoms with Crippen molar-refractivity contribution in [3.63, 3.8) is 0 Å². The first-order valence-corrected chi connectivity index (χ1v) is 10.4. The molecule has 0 unspecified atom stereocenters. The molecule has 26 heavy (non-hydrogen) atoms. The Morgan fingerprint density at radius 2 is 1.81 bits per heavy atom. The first-order valence-electron chi connectivity index (χ1n) is 8.01. The van der Waals surface area contributed by atoms with E-state index in [1.54, 1.807) is 28.5 Å². The van der Waals surface area contributed by atoms with Crippen molar-refractivity contribution in [1.82, 2.24) is 9.21 Å². The minimum absolute atomic E-state index is 0.0666. The van der Waals surface area contributed by atoms with Gasteiger partial charge in [-0.1, -0.05) is 0 Å². The molecule has 0 saturated carbocycles. The van der Waals surface area contributed by atoms with Gasteiger partial charge in [0.1, 0.15) is 16.4 Å². The van der Waals surface area contributed by atoms with Gasteiger partial charge in [-0.05, 0) is 23.6 Å². The van der Waals surface area contributed by atoms with Crippen molar-refractivity contribution in [2.24, 2.45) is 0 Å². The average molecular weight is 396 g/mol. The SMILES string of the molecule is COc1ccc(OC)c(S(=O)(=O)N2CCN(C(=O)c3ccsc3)CC2)c1. The Hall–Kier alpha value is -2.10. The highest BCUT2D eigenvalue weighted by Crippen LogP contribution is 2.31. The van der Waals surface area contributed by atoms with Crippen LogP contribution in [0.4, 0.5) is 0 Å². The molecule has 7 nitrogen and oxygen atoms in total. The van der Waals surface area contributed by atoms with Gasteiger partial charge in [0.15, 0.2) is 0 Å². The summed E-state index contributed by atoms with van der Waals surface area (Å²) < 4.78 is 37.8. The van der Waals surface area contributed by atoms with Crippen molar-refractivity contribution in [3.05, 3.63) is 40.6 Å². The topological polar surface area (TPSA) is 76.2 Å². The smallest absolute Gasteiger partial charge is 0.254 e. The summed E-state index contributed by atoms with van der Waals surface area (Å²) >= 11 is 1.46. The number of carbonyl (C=O) groups excluding carboxylic acids is 1. The van der Waals surface area contributed by atoms with Crippen LogP contribution in [0.5, 0.6) is 11.5 Å². The highest BCUT2D eigenvalue weighted by atomic mass is 32.2. The zero-order valence-corrected chi connectivity index (χ0v) is 16.2. The summed E-state index contributed by atoms with van der Waals surface area (Å²) in [7, 11) is -0.840. The quantitative estimate of drug-likeness (QED) is 0.772. The zero-order chi connectivity index (χ0) is 18.7. The normalized spacial score (nSPS) is 15.7. The lowest BCUT2D eigenvalue weighted by Gasteiger charge is -2.34. The molecule has 1 fully saturated rings. The van der Waals surface area contributed by atoms with Crippen molar-refractivity contribution in [2.75, 3.05) is 40.4 Å². The molecule has 0 atom stereocenters. The minimum Gasteiger partial charge on any atom is -0.497 e. The van der Waals surface area contributed by atoms with Gasteiger partial charge in [0, 0.05) is 37.6 Å². The van der Waals surface area contributed by atoms with Crippen molar-refractivity contribution in [2.45, 2.75) is 4.90 Å². The van der Waals surface area contributed by atoms with E-state index in [0.29, 0.717) is 24.4 Å². The molecule has 0 spiro atoms. The molecular weight excluding hydrogens is 376 g/mol. The molecule has 140 valence electrons. The number of hydrogen-bond donors (Lipinski definition) is 0. The summed E-state index contributed by atoms with van der Waals surface area (Å²) in [4.78, 5) is 14.1. The summed E-state index contributed by atoms with van der Waals surface area (Å²) in [6.45, 7) is 1.16. The van der Waals surface area contributed by atoms with Crippen LogP contribution < -0.4 is 9.47 Å². The molecule has 1 aliphatic rings. The zero-order valence-electron chi connectivity index (χ0n) is 14.5. The van der Waals surface area contributed by atoms with E-state index in [9.17, 15) is 13.2 Å². The van der Waals surface area contributed by atoms with Crippen LogP contribution in [0.2, 0.25) is 0 Å². The monoisotopic (exact) mass is 396 g/mol. The van der Waals surface area contributed by atoms with E-state index in [2.05, 4.69) is 0 Å². The van der Waals surface area contributed by atoms with Crippen LogP contribution in [0.15, 0.2) is 39.9 Å². The molecule has 2 aromatic rings. The maximum absolute atomic E-state index is 13.0. The molecule has 1 aromatic carbocycles. The fraction of sp³-hybridized carbons (Fsp3) is 0.353. The molecule has 0 N–H and O–H groups in total. The van der Waals surface area contributed by atoms with E-state index in [0.717, 1.165) is 0 Å². The second-order valence-electron chi connectivity index (χ2n) is 5.73. The molecule has 0 radical (unpaired) electrons. The van der Waals surface area contributed by atoms with Gasteiger partial charge in [0.25, 0.3) is 5.91 Å². The second-order valence-corrected chi connectivity index (χ2v) is 8.41. The van der Waals surface area contributed by atoms with Gasteiger partial charge in [0.05, 0.1) is 19.8 Å². The summed E-state index contributed by atoms with van der Waals surface area (Å²) in [6, 6.07) is 6.45. The number of sulfonamides is 1. The van der Waals surface area contributed by atoms with E-state index < -0.39 is 10.0 Å². The van der Waals surface area contributed by atoms with Crippen LogP contribution >= 0.6 is 11.3 Å². The number of nitrogens with zero attached hydrogens (tertiary/aromatic N) is 2. The Morgan fingerprint density at radius 3 is 2.38 bits per heavy atom.